The lowest BCUT2D eigenvalue weighted by atomic mass is 9.96. The van der Waals surface area contributed by atoms with Crippen molar-refractivity contribution in [3.05, 3.63) is 0 Å². The van der Waals surface area contributed by atoms with Gasteiger partial charge in [-0.2, -0.15) is 0 Å². The lowest BCUT2D eigenvalue weighted by Crippen LogP contribution is -2.51. The molecule has 18 heavy (non-hydrogen) atoms. The van der Waals surface area contributed by atoms with Gasteiger partial charge in [-0.1, -0.05) is 0 Å². The normalized spacial score (nSPS) is 26.6. The number of ether oxygens (including phenoxy) is 1. The van der Waals surface area contributed by atoms with Crippen molar-refractivity contribution >= 4 is 5.91 Å². The number of nitrogens with zero attached hydrogens (tertiary/aromatic N) is 2. The van der Waals surface area contributed by atoms with Crippen molar-refractivity contribution in [2.24, 2.45) is 5.92 Å². The van der Waals surface area contributed by atoms with Crippen molar-refractivity contribution in [1.82, 2.24) is 15.1 Å². The van der Waals surface area contributed by atoms with E-state index in [1.165, 1.54) is 0 Å². The van der Waals surface area contributed by atoms with E-state index < -0.39 is 0 Å². The van der Waals surface area contributed by atoms with Crippen molar-refractivity contribution in [3.8, 4) is 0 Å². The number of hydrogen-bond donors (Lipinski definition) is 1. The summed E-state index contributed by atoms with van der Waals surface area (Å²) in [6.07, 6.45) is 1.97. The maximum Gasteiger partial charge on any atom is 0.253 e. The summed E-state index contributed by atoms with van der Waals surface area (Å²) in [4.78, 5) is 16.4. The molecule has 0 aromatic carbocycles. The number of likely N-dealkylation sites (tertiary alicyclic amines) is 1. The van der Waals surface area contributed by atoms with Gasteiger partial charge in [0.1, 0.15) is 6.10 Å². The van der Waals surface area contributed by atoms with E-state index >= 15 is 0 Å². The molecule has 1 N–H and O–H groups in total. The number of carbonyl (C=O) groups is 1. The fraction of sp³-hybridized carbons (Fsp3) is 0.923. The Balaban J connectivity index is 1.76. The van der Waals surface area contributed by atoms with Gasteiger partial charge in [0, 0.05) is 32.7 Å². The zero-order valence-corrected chi connectivity index (χ0v) is 11.5. The van der Waals surface area contributed by atoms with Crippen LogP contribution >= 0.6 is 0 Å². The van der Waals surface area contributed by atoms with Crippen LogP contribution < -0.4 is 5.32 Å². The molecular weight excluding hydrogens is 230 g/mol. The van der Waals surface area contributed by atoms with Gasteiger partial charge in [-0.3, -0.25) is 4.79 Å². The van der Waals surface area contributed by atoms with Crippen molar-refractivity contribution < 1.29 is 9.53 Å². The summed E-state index contributed by atoms with van der Waals surface area (Å²) in [5.74, 6) is 0.903. The quantitative estimate of drug-likeness (QED) is 0.757. The first-order chi connectivity index (χ1) is 8.66. The Bertz CT molecular complexity index is 269. The van der Waals surface area contributed by atoms with Gasteiger partial charge in [0.25, 0.3) is 5.91 Å². The third-order valence-corrected chi connectivity index (χ3v) is 3.75. The fourth-order valence-electron chi connectivity index (χ4n) is 2.78. The summed E-state index contributed by atoms with van der Waals surface area (Å²) >= 11 is 0. The molecule has 0 saturated carbocycles. The Morgan fingerprint density at radius 3 is 2.67 bits per heavy atom. The van der Waals surface area contributed by atoms with Crippen molar-refractivity contribution in [1.29, 1.82) is 0 Å². The van der Waals surface area contributed by atoms with Gasteiger partial charge in [-0.15, -0.1) is 0 Å². The number of hydrogen-bond acceptors (Lipinski definition) is 4. The Morgan fingerprint density at radius 2 is 2.11 bits per heavy atom. The minimum absolute atomic E-state index is 0.172. The molecule has 2 aliphatic rings. The molecule has 2 aliphatic heterocycles. The van der Waals surface area contributed by atoms with Gasteiger partial charge < -0.3 is 19.9 Å². The van der Waals surface area contributed by atoms with E-state index in [0.717, 1.165) is 44.9 Å². The highest BCUT2D eigenvalue weighted by Gasteiger charge is 2.29. The highest BCUT2D eigenvalue weighted by Crippen LogP contribution is 2.19. The Hall–Kier alpha value is -0.650. The van der Waals surface area contributed by atoms with Gasteiger partial charge >= 0.3 is 0 Å². The second kappa shape index (κ2) is 6.50. The molecule has 0 radical (unpaired) electrons. The van der Waals surface area contributed by atoms with Crippen LogP contribution in [0.25, 0.3) is 0 Å². The van der Waals surface area contributed by atoms with Crippen LogP contribution in [-0.2, 0) is 9.53 Å². The van der Waals surface area contributed by atoms with Crippen molar-refractivity contribution in [2.75, 3.05) is 53.4 Å². The first-order valence-electron chi connectivity index (χ1n) is 6.92. The number of rotatable bonds is 3. The molecule has 0 spiro atoms. The molecule has 2 rings (SSSR count). The third-order valence-electron chi connectivity index (χ3n) is 3.75. The van der Waals surface area contributed by atoms with Crippen LogP contribution in [-0.4, -0.2) is 75.2 Å². The maximum atomic E-state index is 12.2. The first kappa shape index (κ1) is 13.8. The van der Waals surface area contributed by atoms with Crippen molar-refractivity contribution in [2.45, 2.75) is 18.9 Å². The fourth-order valence-corrected chi connectivity index (χ4v) is 2.78. The summed E-state index contributed by atoms with van der Waals surface area (Å²) in [5, 5.41) is 3.21. The molecule has 2 saturated heterocycles. The van der Waals surface area contributed by atoms with Crippen LogP contribution in [0.4, 0.5) is 0 Å². The van der Waals surface area contributed by atoms with E-state index in [1.54, 1.807) is 0 Å². The zero-order chi connectivity index (χ0) is 13.0. The van der Waals surface area contributed by atoms with Gasteiger partial charge in [0.05, 0.1) is 6.61 Å². The van der Waals surface area contributed by atoms with Gasteiger partial charge in [0.2, 0.25) is 0 Å². The molecule has 0 aromatic heterocycles. The average Bonchev–Trinajstić information content (AvgIpc) is 2.39. The molecule has 0 aromatic rings. The van der Waals surface area contributed by atoms with E-state index in [4.69, 9.17) is 4.74 Å². The lowest BCUT2D eigenvalue weighted by Gasteiger charge is -2.36. The van der Waals surface area contributed by atoms with Gasteiger partial charge in [-0.25, -0.2) is 0 Å². The van der Waals surface area contributed by atoms with E-state index in [2.05, 4.69) is 24.3 Å². The molecule has 5 heteroatoms. The molecule has 0 aliphatic carbocycles. The van der Waals surface area contributed by atoms with Crippen LogP contribution in [0.5, 0.6) is 0 Å². The lowest BCUT2D eigenvalue weighted by molar-refractivity contribution is -0.146. The molecule has 0 bridgehead atoms. The topological polar surface area (TPSA) is 44.8 Å². The van der Waals surface area contributed by atoms with E-state index in [1.807, 2.05) is 4.90 Å². The monoisotopic (exact) mass is 255 g/mol. The molecular formula is C13H25N3O2. The van der Waals surface area contributed by atoms with Crippen LogP contribution in [0.3, 0.4) is 0 Å². The summed E-state index contributed by atoms with van der Waals surface area (Å²) < 4.78 is 5.52. The minimum atomic E-state index is -0.260. The van der Waals surface area contributed by atoms with Crippen LogP contribution in [0.1, 0.15) is 12.8 Å². The summed E-state index contributed by atoms with van der Waals surface area (Å²) in [6, 6.07) is 0. The molecule has 5 nitrogen and oxygen atoms in total. The summed E-state index contributed by atoms with van der Waals surface area (Å²) in [6.45, 7) is 5.07. The predicted octanol–water partition coefficient (Wildman–Crippen LogP) is -0.225. The van der Waals surface area contributed by atoms with E-state index in [0.29, 0.717) is 13.2 Å². The van der Waals surface area contributed by atoms with E-state index in [-0.39, 0.29) is 12.0 Å². The highest BCUT2D eigenvalue weighted by molar-refractivity contribution is 5.81. The summed E-state index contributed by atoms with van der Waals surface area (Å²) in [5.41, 5.74) is 0. The number of carbonyl (C=O) groups excluding carboxylic acids is 1. The molecule has 1 amide bonds. The first-order valence-corrected chi connectivity index (χ1v) is 6.92. The average molecular weight is 255 g/mol. The van der Waals surface area contributed by atoms with Crippen LogP contribution in [0, 0.1) is 5.92 Å². The standard InChI is InChI=1S/C13H25N3O2/c1-15(2)10-11-3-6-16(7-4-11)13(17)12-9-14-5-8-18-12/h11-12,14H,3-10H2,1-2H3. The van der Waals surface area contributed by atoms with Crippen molar-refractivity contribution in [3.63, 3.8) is 0 Å². The molecule has 1 atom stereocenters. The van der Waals surface area contributed by atoms with Crippen LogP contribution in [0.15, 0.2) is 0 Å². The third kappa shape index (κ3) is 3.67. The van der Waals surface area contributed by atoms with E-state index in [9.17, 15) is 4.79 Å². The molecule has 1 unspecified atom stereocenters. The number of amides is 1. The summed E-state index contributed by atoms with van der Waals surface area (Å²) in [7, 11) is 4.22. The minimum Gasteiger partial charge on any atom is -0.366 e. The Labute approximate surface area is 109 Å². The number of piperidine rings is 1. The second-order valence-corrected chi connectivity index (χ2v) is 5.59. The molecule has 104 valence electrons. The van der Waals surface area contributed by atoms with Crippen LogP contribution in [0.2, 0.25) is 0 Å². The second-order valence-electron chi connectivity index (χ2n) is 5.59. The number of nitrogens with one attached hydrogen (secondary N) is 1. The van der Waals surface area contributed by atoms with Gasteiger partial charge in [-0.05, 0) is 32.9 Å². The SMILES string of the molecule is CN(C)CC1CCN(C(=O)C2CNCCO2)CC1. The smallest absolute Gasteiger partial charge is 0.253 e. The Morgan fingerprint density at radius 1 is 1.39 bits per heavy atom. The van der Waals surface area contributed by atoms with Gasteiger partial charge in [0.15, 0.2) is 0 Å². The molecule has 2 heterocycles. The Kier molecular flexibility index (Phi) is 4.97. The number of morpholine rings is 1. The zero-order valence-electron chi connectivity index (χ0n) is 11.5. The predicted molar refractivity (Wildman–Crippen MR) is 70.5 cm³/mol. The largest absolute Gasteiger partial charge is 0.366 e. The maximum absolute atomic E-state index is 12.2. The molecule has 2 fully saturated rings. The highest BCUT2D eigenvalue weighted by atomic mass is 16.5.